The third-order valence-electron chi connectivity index (χ3n) is 5.88. The van der Waals surface area contributed by atoms with Gasteiger partial charge in [-0.2, -0.15) is 0 Å². The zero-order chi connectivity index (χ0) is 23.7. The zero-order valence-corrected chi connectivity index (χ0v) is 22.0. The number of benzene rings is 2. The molecule has 0 unspecified atom stereocenters. The van der Waals surface area contributed by atoms with Crippen LogP contribution in [-0.2, 0) is 19.5 Å². The first-order valence-corrected chi connectivity index (χ1v) is 13.2. The van der Waals surface area contributed by atoms with Gasteiger partial charge in [0.2, 0.25) is 0 Å². The van der Waals surface area contributed by atoms with Crippen LogP contribution >= 0.6 is 50.5 Å². The first-order valence-electron chi connectivity index (χ1n) is 10.8. The van der Waals surface area contributed by atoms with Crippen molar-refractivity contribution in [3.8, 4) is 0 Å². The second kappa shape index (κ2) is 10.2. The molecule has 34 heavy (non-hydrogen) atoms. The number of hydrogen-bond donors (Lipinski definition) is 1. The van der Waals surface area contributed by atoms with Gasteiger partial charge in [-0.25, -0.2) is 9.78 Å². The van der Waals surface area contributed by atoms with E-state index < -0.39 is 0 Å². The van der Waals surface area contributed by atoms with E-state index >= 15 is 0 Å². The van der Waals surface area contributed by atoms with Crippen molar-refractivity contribution in [1.29, 1.82) is 0 Å². The minimum atomic E-state index is -0.130. The molecular weight excluding hydrogens is 555 g/mol. The summed E-state index contributed by atoms with van der Waals surface area (Å²) in [5.41, 5.74) is 4.33. The molecule has 2 aromatic heterocycles. The summed E-state index contributed by atoms with van der Waals surface area (Å²) in [6.07, 6.45) is 6.79. The molecule has 0 bridgehead atoms. The third kappa shape index (κ3) is 5.09. The van der Waals surface area contributed by atoms with Crippen molar-refractivity contribution in [2.45, 2.75) is 19.5 Å². The van der Waals surface area contributed by atoms with Gasteiger partial charge in [-0.15, -0.1) is 11.3 Å². The highest BCUT2D eigenvalue weighted by atomic mass is 79.9. The number of aromatic nitrogens is 2. The number of halogens is 3. The summed E-state index contributed by atoms with van der Waals surface area (Å²) in [7, 11) is 0. The van der Waals surface area contributed by atoms with E-state index in [0.717, 1.165) is 62.6 Å². The van der Waals surface area contributed by atoms with E-state index in [0.29, 0.717) is 11.0 Å². The molecule has 3 heterocycles. The number of hydrogen-bond acceptors (Lipinski definition) is 4. The molecule has 4 aromatic rings. The van der Waals surface area contributed by atoms with E-state index in [4.69, 9.17) is 23.2 Å². The minimum absolute atomic E-state index is 0.130. The maximum atomic E-state index is 13.2. The van der Waals surface area contributed by atoms with Gasteiger partial charge < -0.3 is 5.32 Å². The number of thiazole rings is 1. The van der Waals surface area contributed by atoms with Crippen LogP contribution in [0.15, 0.2) is 59.2 Å². The van der Waals surface area contributed by atoms with E-state index in [-0.39, 0.29) is 6.03 Å². The Morgan fingerprint density at radius 3 is 2.79 bits per heavy atom. The topological polar surface area (TPSA) is 50.2 Å². The Hall–Kier alpha value is -2.16. The summed E-state index contributed by atoms with van der Waals surface area (Å²) < 4.78 is 3.31. The first-order chi connectivity index (χ1) is 16.5. The molecule has 0 aliphatic carbocycles. The van der Waals surface area contributed by atoms with Crippen molar-refractivity contribution in [1.82, 2.24) is 19.8 Å². The molecule has 0 radical (unpaired) electrons. The quantitative estimate of drug-likeness (QED) is 0.279. The fourth-order valence-corrected chi connectivity index (χ4v) is 5.70. The normalized spacial score (nSPS) is 14.1. The maximum Gasteiger partial charge on any atom is 0.326 e. The molecule has 0 fully saturated rings. The van der Waals surface area contributed by atoms with E-state index in [1.54, 1.807) is 6.20 Å². The Morgan fingerprint density at radius 2 is 2.03 bits per heavy atom. The average molecular weight is 576 g/mol. The lowest BCUT2D eigenvalue weighted by Gasteiger charge is -2.27. The molecular formula is C25H21BrCl2N4OS. The van der Waals surface area contributed by atoms with Crippen molar-refractivity contribution in [2.75, 3.05) is 13.1 Å². The highest BCUT2D eigenvalue weighted by molar-refractivity contribution is 9.10. The molecule has 0 atom stereocenters. The van der Waals surface area contributed by atoms with Gasteiger partial charge in [0.1, 0.15) is 0 Å². The zero-order valence-electron chi connectivity index (χ0n) is 18.1. The molecule has 1 aliphatic rings. The molecule has 1 amide bonds. The van der Waals surface area contributed by atoms with Crippen molar-refractivity contribution < 1.29 is 4.79 Å². The van der Waals surface area contributed by atoms with Crippen LogP contribution < -0.4 is 5.32 Å². The predicted octanol–water partition coefficient (Wildman–Crippen LogP) is 7.00. The smallest absolute Gasteiger partial charge is 0.326 e. The second-order valence-electron chi connectivity index (χ2n) is 8.10. The van der Waals surface area contributed by atoms with Crippen molar-refractivity contribution in [3.63, 3.8) is 0 Å². The average Bonchev–Trinajstić information content (AvgIpc) is 3.39. The van der Waals surface area contributed by atoms with Crippen LogP contribution in [0, 0.1) is 0 Å². The maximum absolute atomic E-state index is 13.2. The molecule has 174 valence electrons. The van der Waals surface area contributed by atoms with Gasteiger partial charge in [0, 0.05) is 57.7 Å². The van der Waals surface area contributed by atoms with E-state index in [9.17, 15) is 4.79 Å². The van der Waals surface area contributed by atoms with E-state index in [1.807, 2.05) is 41.0 Å². The summed E-state index contributed by atoms with van der Waals surface area (Å²) in [6, 6.07) is 13.8. The summed E-state index contributed by atoms with van der Waals surface area (Å²) in [6.45, 7) is 2.90. The van der Waals surface area contributed by atoms with Crippen molar-refractivity contribution in [2.24, 2.45) is 0 Å². The Labute approximate surface area is 220 Å². The Balaban J connectivity index is 1.37. The standard InChI is InChI=1S/C25H21BrCl2N4OS/c26-17-5-8-22-20(12-17)21-15-31(10-1-2-16-3-6-18(27)7-4-16)11-9-23(21)32(22)25(33)30-14-19-13-29-24(28)34-19/h1-8,12-13H,9-11,14-15H2,(H,30,33)/b2-1+. The number of rotatable bonds is 5. The second-order valence-corrected chi connectivity index (χ2v) is 11.1. The van der Waals surface area contributed by atoms with Crippen LogP contribution in [0.2, 0.25) is 9.49 Å². The van der Waals surface area contributed by atoms with Crippen LogP contribution in [0.5, 0.6) is 0 Å². The number of amides is 1. The lowest BCUT2D eigenvalue weighted by atomic mass is 10.0. The van der Waals surface area contributed by atoms with Crippen LogP contribution in [0.25, 0.3) is 17.0 Å². The SMILES string of the molecule is O=C(NCc1cnc(Cl)s1)n1c2c(c3cc(Br)ccc31)CN(C/C=C/c1ccc(Cl)cc1)CC2. The lowest BCUT2D eigenvalue weighted by molar-refractivity contribution is 0.240. The molecule has 0 spiro atoms. The molecule has 9 heteroatoms. The highest BCUT2D eigenvalue weighted by Gasteiger charge is 2.26. The Morgan fingerprint density at radius 1 is 1.21 bits per heavy atom. The summed E-state index contributed by atoms with van der Waals surface area (Å²) in [5.74, 6) is 0. The summed E-state index contributed by atoms with van der Waals surface area (Å²) in [4.78, 5) is 20.6. The summed E-state index contributed by atoms with van der Waals surface area (Å²) in [5, 5.41) is 4.87. The molecule has 1 N–H and O–H groups in total. The van der Waals surface area contributed by atoms with Crippen LogP contribution in [-0.4, -0.2) is 33.6 Å². The predicted molar refractivity (Wildman–Crippen MR) is 144 cm³/mol. The number of nitrogens with one attached hydrogen (secondary N) is 1. The van der Waals surface area contributed by atoms with Gasteiger partial charge >= 0.3 is 6.03 Å². The van der Waals surface area contributed by atoms with Crippen molar-refractivity contribution >= 4 is 73.5 Å². The van der Waals surface area contributed by atoms with Gasteiger partial charge in [-0.3, -0.25) is 9.47 Å². The molecule has 2 aromatic carbocycles. The summed E-state index contributed by atoms with van der Waals surface area (Å²) >= 11 is 16.9. The van der Waals surface area contributed by atoms with Gasteiger partial charge in [0.05, 0.1) is 12.1 Å². The fourth-order valence-electron chi connectivity index (χ4n) is 4.29. The van der Waals surface area contributed by atoms with Gasteiger partial charge in [0.15, 0.2) is 4.47 Å². The largest absolute Gasteiger partial charge is 0.332 e. The Kier molecular flexibility index (Phi) is 7.09. The molecule has 0 saturated heterocycles. The van der Waals surface area contributed by atoms with Crippen molar-refractivity contribution in [3.05, 3.63) is 90.4 Å². The third-order valence-corrected chi connectivity index (χ3v) is 7.74. The first kappa shape index (κ1) is 23.6. The van der Waals surface area contributed by atoms with Gasteiger partial charge in [0.25, 0.3) is 0 Å². The number of carbonyl (C=O) groups excluding carboxylic acids is 1. The number of carbonyl (C=O) groups is 1. The monoisotopic (exact) mass is 574 g/mol. The van der Waals surface area contributed by atoms with Gasteiger partial charge in [-0.1, -0.05) is 63.4 Å². The van der Waals surface area contributed by atoms with E-state index in [1.165, 1.54) is 16.9 Å². The molecule has 0 saturated carbocycles. The molecule has 5 nitrogen and oxygen atoms in total. The van der Waals surface area contributed by atoms with Gasteiger partial charge in [-0.05, 0) is 41.5 Å². The highest BCUT2D eigenvalue weighted by Crippen LogP contribution is 2.33. The molecule has 5 rings (SSSR count). The lowest BCUT2D eigenvalue weighted by Crippen LogP contribution is -2.34. The Bertz CT molecular complexity index is 1380. The fraction of sp³-hybridized carbons (Fsp3) is 0.200. The molecule has 1 aliphatic heterocycles. The van der Waals surface area contributed by atoms with Crippen LogP contribution in [0.4, 0.5) is 4.79 Å². The number of nitrogens with zero attached hydrogens (tertiary/aromatic N) is 3. The number of fused-ring (bicyclic) bond motifs is 3. The van der Waals surface area contributed by atoms with E-state index in [2.05, 4.69) is 49.3 Å². The minimum Gasteiger partial charge on any atom is -0.332 e. The van der Waals surface area contributed by atoms with Crippen LogP contribution in [0.3, 0.4) is 0 Å². The van der Waals surface area contributed by atoms with Crippen LogP contribution in [0.1, 0.15) is 21.7 Å².